The fourth-order valence-electron chi connectivity index (χ4n) is 7.66. The van der Waals surface area contributed by atoms with Crippen molar-refractivity contribution in [2.75, 3.05) is 28.2 Å². The molecule has 1 saturated heterocycles. The molecule has 2 aromatic heterocycles. The van der Waals surface area contributed by atoms with Crippen molar-refractivity contribution in [1.29, 1.82) is 0 Å². The third-order valence-electron chi connectivity index (χ3n) is 10.3. The number of nitrogens with zero attached hydrogens (tertiary/aromatic N) is 6. The second-order valence-electron chi connectivity index (χ2n) is 17.2. The van der Waals surface area contributed by atoms with E-state index in [0.717, 1.165) is 59.8 Å². The lowest BCUT2D eigenvalue weighted by Gasteiger charge is -2.39. The van der Waals surface area contributed by atoms with Crippen molar-refractivity contribution in [3.05, 3.63) is 64.5 Å². The number of hydrogen-bond acceptors (Lipinski definition) is 10. The number of imide groups is 1. The van der Waals surface area contributed by atoms with Crippen molar-refractivity contribution < 1.29 is 23.9 Å². The van der Waals surface area contributed by atoms with Crippen LogP contribution in [0.5, 0.6) is 0 Å². The lowest BCUT2D eigenvalue weighted by molar-refractivity contribution is -0.120. The van der Waals surface area contributed by atoms with Crippen molar-refractivity contribution in [3.63, 3.8) is 0 Å². The van der Waals surface area contributed by atoms with Gasteiger partial charge in [-0.05, 0) is 110 Å². The maximum absolute atomic E-state index is 14.3. The first kappa shape index (κ1) is 34.1. The number of nitrogens with one attached hydrogen (secondary N) is 1. The first-order valence-electron chi connectivity index (χ1n) is 18.3. The highest BCUT2D eigenvalue weighted by Crippen LogP contribution is 2.66. The molecule has 3 fully saturated rings. The lowest BCUT2D eigenvalue weighted by Crippen LogP contribution is -2.46. The fourth-order valence-corrected chi connectivity index (χ4v) is 7.66. The molecular weight excluding hydrogens is 658 g/mol. The zero-order valence-corrected chi connectivity index (χ0v) is 31.5. The SMILES string of the molecule is Cc1ccc2c(c1)[C@]1(C[C@H]1c1ccc3c(Nc4nc(C5CC5)nc(N5CC(C)C5)c4C)nn(C(=O)OC(C)(C)C)c3c1)C(=O)N2C(=O)OC(C)(C)C. The van der Waals surface area contributed by atoms with E-state index >= 15 is 0 Å². The van der Waals surface area contributed by atoms with Crippen LogP contribution >= 0.6 is 0 Å². The molecule has 4 heterocycles. The van der Waals surface area contributed by atoms with Gasteiger partial charge in [-0.15, -0.1) is 5.10 Å². The number of fused-ring (bicyclic) bond motifs is 3. The molecule has 2 amide bonds. The molecular formula is C40H47N7O5. The molecule has 2 aromatic carbocycles. The second-order valence-corrected chi connectivity index (χ2v) is 17.2. The van der Waals surface area contributed by atoms with Crippen molar-refractivity contribution in [2.45, 2.75) is 110 Å². The van der Waals surface area contributed by atoms with Gasteiger partial charge in [-0.25, -0.2) is 24.5 Å². The number of benzene rings is 2. The van der Waals surface area contributed by atoms with Crippen LogP contribution in [0.3, 0.4) is 0 Å². The van der Waals surface area contributed by atoms with Crippen LogP contribution in [-0.2, 0) is 19.7 Å². The molecule has 2 aliphatic carbocycles. The first-order valence-corrected chi connectivity index (χ1v) is 18.3. The minimum absolute atomic E-state index is 0.234. The van der Waals surface area contributed by atoms with Gasteiger partial charge in [-0.1, -0.05) is 30.7 Å². The number of amides is 2. The van der Waals surface area contributed by atoms with E-state index in [-0.39, 0.29) is 11.8 Å². The Morgan fingerprint density at radius 2 is 1.60 bits per heavy atom. The van der Waals surface area contributed by atoms with Crippen LogP contribution in [0, 0.1) is 19.8 Å². The third-order valence-corrected chi connectivity index (χ3v) is 10.3. The van der Waals surface area contributed by atoms with Gasteiger partial charge in [0.25, 0.3) is 0 Å². The van der Waals surface area contributed by atoms with Gasteiger partial charge in [-0.2, -0.15) is 4.68 Å². The summed E-state index contributed by atoms with van der Waals surface area (Å²) in [5.74, 6) is 3.33. The summed E-state index contributed by atoms with van der Waals surface area (Å²) >= 11 is 0. The number of hydrogen-bond donors (Lipinski definition) is 1. The van der Waals surface area contributed by atoms with Gasteiger partial charge >= 0.3 is 12.2 Å². The number of rotatable bonds is 5. The molecule has 4 aliphatic rings. The van der Waals surface area contributed by atoms with Gasteiger partial charge < -0.3 is 19.7 Å². The predicted molar refractivity (Wildman–Crippen MR) is 199 cm³/mol. The van der Waals surface area contributed by atoms with Gasteiger partial charge in [-0.3, -0.25) is 4.79 Å². The van der Waals surface area contributed by atoms with Crippen LogP contribution in [0.15, 0.2) is 36.4 Å². The Bertz CT molecular complexity index is 2170. The second kappa shape index (κ2) is 11.5. The van der Waals surface area contributed by atoms with Crippen LogP contribution in [-0.4, -0.2) is 62.1 Å². The van der Waals surface area contributed by atoms with Gasteiger partial charge in [0.15, 0.2) is 5.82 Å². The largest absolute Gasteiger partial charge is 0.443 e. The maximum Gasteiger partial charge on any atom is 0.435 e. The van der Waals surface area contributed by atoms with E-state index in [1.807, 2.05) is 71.0 Å². The Hall–Kier alpha value is -5.00. The maximum atomic E-state index is 14.3. The molecule has 0 unspecified atom stereocenters. The number of aromatic nitrogens is 4. The molecule has 12 heteroatoms. The summed E-state index contributed by atoms with van der Waals surface area (Å²) in [6.07, 6.45) is 1.36. The summed E-state index contributed by atoms with van der Waals surface area (Å²) in [7, 11) is 0. The zero-order valence-electron chi connectivity index (χ0n) is 31.5. The van der Waals surface area contributed by atoms with Crippen LogP contribution in [0.1, 0.15) is 108 Å². The van der Waals surface area contributed by atoms with E-state index in [0.29, 0.717) is 46.5 Å². The van der Waals surface area contributed by atoms with E-state index in [9.17, 15) is 14.4 Å². The minimum Gasteiger partial charge on any atom is -0.443 e. The highest BCUT2D eigenvalue weighted by atomic mass is 16.6. The molecule has 0 radical (unpaired) electrons. The number of carbonyl (C=O) groups excluding carboxylic acids is 3. The van der Waals surface area contributed by atoms with E-state index < -0.39 is 28.8 Å². The average molecular weight is 706 g/mol. The van der Waals surface area contributed by atoms with Crippen LogP contribution < -0.4 is 15.1 Å². The van der Waals surface area contributed by atoms with Crippen molar-refractivity contribution >= 4 is 52.1 Å². The van der Waals surface area contributed by atoms with Crippen LogP contribution in [0.25, 0.3) is 10.9 Å². The summed E-state index contributed by atoms with van der Waals surface area (Å²) in [5.41, 5.74) is 2.24. The zero-order chi connectivity index (χ0) is 37.1. The van der Waals surface area contributed by atoms with Gasteiger partial charge in [0.05, 0.1) is 16.6 Å². The number of carbonyl (C=O) groups is 3. The summed E-state index contributed by atoms with van der Waals surface area (Å²) in [4.78, 5) is 54.9. The molecule has 272 valence electrons. The minimum atomic E-state index is -0.925. The van der Waals surface area contributed by atoms with Gasteiger partial charge in [0, 0.05) is 35.9 Å². The number of ether oxygens (including phenoxy) is 2. The topological polar surface area (TPSA) is 132 Å². The molecule has 12 nitrogen and oxygen atoms in total. The third kappa shape index (κ3) is 5.76. The van der Waals surface area contributed by atoms with E-state index in [1.165, 1.54) is 9.58 Å². The average Bonchev–Trinajstić information content (AvgIpc) is 3.95. The van der Waals surface area contributed by atoms with Crippen molar-refractivity contribution in [3.8, 4) is 0 Å². The molecule has 52 heavy (non-hydrogen) atoms. The highest BCUT2D eigenvalue weighted by Gasteiger charge is 2.68. The van der Waals surface area contributed by atoms with E-state index in [1.54, 1.807) is 20.8 Å². The van der Waals surface area contributed by atoms with E-state index in [2.05, 4.69) is 17.1 Å². The molecule has 8 rings (SSSR count). The number of aryl methyl sites for hydroxylation is 1. The molecule has 2 atom stereocenters. The van der Waals surface area contributed by atoms with Gasteiger partial charge in [0.1, 0.15) is 28.7 Å². The number of anilines is 4. The molecule has 2 aliphatic heterocycles. The lowest BCUT2D eigenvalue weighted by atomic mass is 9.91. The molecule has 1 spiro atoms. The Labute approximate surface area is 303 Å². The molecule has 0 bridgehead atoms. The highest BCUT2D eigenvalue weighted by molar-refractivity contribution is 6.23. The van der Waals surface area contributed by atoms with Crippen LogP contribution in [0.2, 0.25) is 0 Å². The summed E-state index contributed by atoms with van der Waals surface area (Å²) in [5, 5.41) is 8.97. The molecule has 2 saturated carbocycles. The Morgan fingerprint density at radius 3 is 2.25 bits per heavy atom. The molecule has 4 aromatic rings. The standard InChI is InChI=1S/C40H47N7O5/c1-21-10-15-29-27(16-21)40(35(48)46(29)36(49)51-38(4,5)6)18-28(40)25-13-14-26-30(17-25)47(37(50)52-39(7,8)9)44-33(26)42-31-23(3)34(45-19-22(2)20-45)43-32(41-31)24-11-12-24/h10,13-17,22,24,28H,11-12,18-20H2,1-9H3,(H,41,42,43,44)/t28-,40-/m0/s1. The van der Waals surface area contributed by atoms with Crippen molar-refractivity contribution in [2.24, 2.45) is 5.92 Å². The first-order chi connectivity index (χ1) is 24.4. The summed E-state index contributed by atoms with van der Waals surface area (Å²) in [6, 6.07) is 11.6. The Balaban J connectivity index is 1.19. The van der Waals surface area contributed by atoms with Crippen molar-refractivity contribution in [1.82, 2.24) is 19.7 Å². The smallest absolute Gasteiger partial charge is 0.435 e. The Kier molecular flexibility index (Phi) is 7.54. The Morgan fingerprint density at radius 1 is 0.904 bits per heavy atom. The molecule has 1 N–H and O–H groups in total. The summed E-state index contributed by atoms with van der Waals surface area (Å²) < 4.78 is 12.8. The fraction of sp³-hybridized carbons (Fsp3) is 0.500. The van der Waals surface area contributed by atoms with Gasteiger partial charge in [0.2, 0.25) is 5.91 Å². The predicted octanol–water partition coefficient (Wildman–Crippen LogP) is 8.01. The quantitative estimate of drug-likeness (QED) is 0.218. The van der Waals surface area contributed by atoms with E-state index in [4.69, 9.17) is 24.5 Å². The van der Waals surface area contributed by atoms with Crippen LogP contribution in [0.4, 0.5) is 32.7 Å². The monoisotopic (exact) mass is 705 g/mol. The summed E-state index contributed by atoms with van der Waals surface area (Å²) in [6.45, 7) is 18.9. The normalized spacial score (nSPS) is 21.4.